The van der Waals surface area contributed by atoms with E-state index in [0.717, 1.165) is 6.20 Å². The maximum absolute atomic E-state index is 13.2. The largest absolute Gasteiger partial charge is 0.462 e. The van der Waals surface area contributed by atoms with Gasteiger partial charge in [0.15, 0.2) is 5.69 Å². The Morgan fingerprint density at radius 1 is 1.33 bits per heavy atom. The molecule has 5 nitrogen and oxygen atoms in total. The maximum Gasteiger partial charge on any atom is 0.434 e. The van der Waals surface area contributed by atoms with E-state index in [1.54, 1.807) is 0 Å². The van der Waals surface area contributed by atoms with Gasteiger partial charge in [-0.3, -0.25) is 0 Å². The molecular formula is C13H12F3N3O2. The molecule has 1 aromatic carbocycles. The number of rotatable bonds is 3. The van der Waals surface area contributed by atoms with Gasteiger partial charge in [-0.15, -0.1) is 0 Å². The van der Waals surface area contributed by atoms with Crippen LogP contribution in [0.25, 0.3) is 5.69 Å². The van der Waals surface area contributed by atoms with Gasteiger partial charge in [-0.1, -0.05) is 0 Å². The molecule has 0 amide bonds. The molecule has 0 aliphatic rings. The minimum atomic E-state index is -4.75. The van der Waals surface area contributed by atoms with Gasteiger partial charge in [0.1, 0.15) is 5.56 Å². The highest BCUT2D eigenvalue weighted by Gasteiger charge is 2.41. The van der Waals surface area contributed by atoms with Gasteiger partial charge in [0, 0.05) is 5.69 Å². The number of anilines is 1. The first-order valence-electron chi connectivity index (χ1n) is 6.03. The van der Waals surface area contributed by atoms with Crippen molar-refractivity contribution < 1.29 is 22.7 Å². The second-order valence-corrected chi connectivity index (χ2v) is 4.13. The predicted molar refractivity (Wildman–Crippen MR) is 68.9 cm³/mol. The van der Waals surface area contributed by atoms with Crippen LogP contribution in [0.15, 0.2) is 30.5 Å². The van der Waals surface area contributed by atoms with Crippen LogP contribution in [-0.4, -0.2) is 22.4 Å². The summed E-state index contributed by atoms with van der Waals surface area (Å²) < 4.78 is 44.9. The summed E-state index contributed by atoms with van der Waals surface area (Å²) in [5, 5.41) is 3.64. The number of aromatic nitrogens is 2. The number of halogens is 3. The van der Waals surface area contributed by atoms with Crippen molar-refractivity contribution in [3.05, 3.63) is 41.7 Å². The van der Waals surface area contributed by atoms with E-state index in [1.165, 1.54) is 31.2 Å². The number of carbonyl (C=O) groups is 1. The molecule has 0 atom stereocenters. The Kier molecular flexibility index (Phi) is 3.88. The highest BCUT2D eigenvalue weighted by atomic mass is 19.4. The summed E-state index contributed by atoms with van der Waals surface area (Å²) in [5.41, 5.74) is 4.25. The molecule has 0 aliphatic heterocycles. The molecule has 0 radical (unpaired) electrons. The van der Waals surface area contributed by atoms with Crippen LogP contribution in [-0.2, 0) is 10.9 Å². The smallest absolute Gasteiger partial charge is 0.434 e. The summed E-state index contributed by atoms with van der Waals surface area (Å²) in [4.78, 5) is 11.6. The first kappa shape index (κ1) is 14.9. The zero-order valence-corrected chi connectivity index (χ0v) is 11.0. The summed E-state index contributed by atoms with van der Waals surface area (Å²) in [5.74, 6) is -1.06. The molecule has 2 aromatic rings. The number of nitrogens with two attached hydrogens (primary N) is 1. The van der Waals surface area contributed by atoms with Gasteiger partial charge < -0.3 is 10.5 Å². The third-order valence-corrected chi connectivity index (χ3v) is 2.67. The van der Waals surface area contributed by atoms with Crippen LogP contribution >= 0.6 is 0 Å². The molecule has 112 valence electrons. The molecule has 2 rings (SSSR count). The minimum absolute atomic E-state index is 0.0246. The van der Waals surface area contributed by atoms with E-state index in [0.29, 0.717) is 10.4 Å². The Balaban J connectivity index is 2.57. The molecule has 0 bridgehead atoms. The Morgan fingerprint density at radius 3 is 2.48 bits per heavy atom. The second-order valence-electron chi connectivity index (χ2n) is 4.13. The molecule has 8 heteroatoms. The molecular weight excluding hydrogens is 287 g/mol. The predicted octanol–water partition coefficient (Wildman–Crippen LogP) is 2.65. The number of ether oxygens (including phenoxy) is 1. The number of nitrogen functional groups attached to an aromatic ring is 1. The van der Waals surface area contributed by atoms with E-state index < -0.39 is 23.4 Å². The van der Waals surface area contributed by atoms with Gasteiger partial charge in [-0.05, 0) is 31.2 Å². The molecule has 21 heavy (non-hydrogen) atoms. The average Bonchev–Trinajstić information content (AvgIpc) is 2.84. The van der Waals surface area contributed by atoms with Crippen LogP contribution in [0.1, 0.15) is 23.0 Å². The summed E-state index contributed by atoms with van der Waals surface area (Å²) in [6, 6.07) is 5.65. The zero-order chi connectivity index (χ0) is 15.6. The van der Waals surface area contributed by atoms with Crippen LogP contribution in [0.5, 0.6) is 0 Å². The highest BCUT2D eigenvalue weighted by molar-refractivity contribution is 5.90. The van der Waals surface area contributed by atoms with E-state index in [4.69, 9.17) is 5.73 Å². The van der Waals surface area contributed by atoms with Crippen molar-refractivity contribution in [3.63, 3.8) is 0 Å². The molecule has 1 aromatic heterocycles. The fraction of sp³-hybridized carbons (Fsp3) is 0.231. The van der Waals surface area contributed by atoms with Crippen LogP contribution in [0.4, 0.5) is 18.9 Å². The quantitative estimate of drug-likeness (QED) is 0.698. The summed E-state index contributed by atoms with van der Waals surface area (Å²) in [6.45, 7) is 1.48. The van der Waals surface area contributed by atoms with Gasteiger partial charge in [0.2, 0.25) is 0 Å². The van der Waals surface area contributed by atoms with Crippen molar-refractivity contribution in [3.8, 4) is 5.69 Å². The number of nitrogens with zero attached hydrogens (tertiary/aromatic N) is 2. The van der Waals surface area contributed by atoms with E-state index in [9.17, 15) is 18.0 Å². The Bertz CT molecular complexity index is 648. The van der Waals surface area contributed by atoms with E-state index in [1.807, 2.05) is 0 Å². The van der Waals surface area contributed by atoms with Crippen LogP contribution in [0.2, 0.25) is 0 Å². The van der Waals surface area contributed by atoms with E-state index in [-0.39, 0.29) is 12.3 Å². The van der Waals surface area contributed by atoms with Crippen LogP contribution in [0.3, 0.4) is 0 Å². The zero-order valence-electron chi connectivity index (χ0n) is 11.0. The number of hydrogen-bond acceptors (Lipinski definition) is 4. The topological polar surface area (TPSA) is 70.1 Å². The van der Waals surface area contributed by atoms with Crippen molar-refractivity contribution in [1.29, 1.82) is 0 Å². The molecule has 0 unspecified atom stereocenters. The fourth-order valence-electron chi connectivity index (χ4n) is 1.79. The van der Waals surface area contributed by atoms with Gasteiger partial charge in [-0.25, -0.2) is 9.48 Å². The minimum Gasteiger partial charge on any atom is -0.462 e. The lowest BCUT2D eigenvalue weighted by molar-refractivity contribution is -0.143. The summed E-state index contributed by atoms with van der Waals surface area (Å²) in [7, 11) is 0. The third-order valence-electron chi connectivity index (χ3n) is 2.67. The molecule has 0 spiro atoms. The fourth-order valence-corrected chi connectivity index (χ4v) is 1.79. The molecule has 1 heterocycles. The summed E-state index contributed by atoms with van der Waals surface area (Å²) >= 11 is 0. The van der Waals surface area contributed by atoms with Crippen molar-refractivity contribution in [1.82, 2.24) is 9.78 Å². The summed E-state index contributed by atoms with van der Waals surface area (Å²) in [6.07, 6.45) is -3.91. The standard InChI is InChI=1S/C13H12F3N3O2/c1-2-21-12(20)10-7-18-19(11(10)13(14,15)16)9-5-3-8(17)4-6-9/h3-7H,2,17H2,1H3. The lowest BCUT2D eigenvalue weighted by Gasteiger charge is -2.12. The molecule has 0 saturated carbocycles. The van der Waals surface area contributed by atoms with Gasteiger partial charge >= 0.3 is 12.1 Å². The third kappa shape index (κ3) is 2.99. The van der Waals surface area contributed by atoms with Crippen LogP contribution in [0, 0.1) is 0 Å². The highest BCUT2D eigenvalue weighted by Crippen LogP contribution is 2.34. The lowest BCUT2D eigenvalue weighted by atomic mass is 10.2. The SMILES string of the molecule is CCOC(=O)c1cnn(-c2ccc(N)cc2)c1C(F)(F)F. The number of esters is 1. The molecule has 0 aliphatic carbocycles. The van der Waals surface area contributed by atoms with Gasteiger partial charge in [0.25, 0.3) is 0 Å². The van der Waals surface area contributed by atoms with Crippen molar-refractivity contribution >= 4 is 11.7 Å². The maximum atomic E-state index is 13.2. The Morgan fingerprint density at radius 2 is 1.95 bits per heavy atom. The van der Waals surface area contributed by atoms with Gasteiger partial charge in [0.05, 0.1) is 18.5 Å². The van der Waals surface area contributed by atoms with Crippen molar-refractivity contribution in [2.45, 2.75) is 13.1 Å². The number of carbonyl (C=O) groups excluding carboxylic acids is 1. The van der Waals surface area contributed by atoms with E-state index in [2.05, 4.69) is 9.84 Å². The van der Waals surface area contributed by atoms with Gasteiger partial charge in [-0.2, -0.15) is 18.3 Å². The normalized spacial score (nSPS) is 11.4. The van der Waals surface area contributed by atoms with Crippen molar-refractivity contribution in [2.75, 3.05) is 12.3 Å². The lowest BCUT2D eigenvalue weighted by Crippen LogP contribution is -2.18. The number of hydrogen-bond donors (Lipinski definition) is 1. The van der Waals surface area contributed by atoms with Crippen LogP contribution < -0.4 is 5.73 Å². The number of alkyl halides is 3. The molecule has 0 saturated heterocycles. The first-order valence-corrected chi connectivity index (χ1v) is 6.03. The van der Waals surface area contributed by atoms with Crippen molar-refractivity contribution in [2.24, 2.45) is 0 Å². The molecule has 0 fully saturated rings. The Labute approximate surface area is 118 Å². The first-order chi connectivity index (χ1) is 9.84. The van der Waals surface area contributed by atoms with E-state index >= 15 is 0 Å². The second kappa shape index (κ2) is 5.47. The Hall–Kier alpha value is -2.51. The number of benzene rings is 1. The average molecular weight is 299 g/mol. The molecule has 2 N–H and O–H groups in total. The monoisotopic (exact) mass is 299 g/mol.